The number of hydrogen-bond acceptors (Lipinski definition) is 1. The van der Waals surface area contributed by atoms with Crippen molar-refractivity contribution < 1.29 is 21.3 Å². The molecule has 0 aliphatic heterocycles. The predicted molar refractivity (Wildman–Crippen MR) is 24.8 cm³/mol. The molecule has 0 bridgehead atoms. The second-order valence-electron chi connectivity index (χ2n) is 0.655. The molecule has 0 saturated carbocycles. The SMILES string of the molecule is CNC(=S)[NH][Au]. The van der Waals surface area contributed by atoms with E-state index in [4.69, 9.17) is 0 Å². The van der Waals surface area contributed by atoms with Gasteiger partial charge in [-0.05, 0) is 0 Å². The van der Waals surface area contributed by atoms with Crippen molar-refractivity contribution in [3.05, 3.63) is 0 Å². The molecule has 0 aromatic carbocycles. The first kappa shape index (κ1) is 6.43. The summed E-state index contributed by atoms with van der Waals surface area (Å²) >= 11 is 6.74. The van der Waals surface area contributed by atoms with Gasteiger partial charge in [0, 0.05) is 0 Å². The van der Waals surface area contributed by atoms with Crippen molar-refractivity contribution in [1.82, 2.24) is 9.04 Å². The van der Waals surface area contributed by atoms with E-state index in [0.29, 0.717) is 5.11 Å². The predicted octanol–water partition coefficient (Wildman–Crippen LogP) is -0.458. The fourth-order valence-electron chi connectivity index (χ4n) is 0.0377. The van der Waals surface area contributed by atoms with Crippen LogP contribution in [-0.2, 0) is 21.3 Å². The summed E-state index contributed by atoms with van der Waals surface area (Å²) in [6.45, 7) is 0. The van der Waals surface area contributed by atoms with E-state index in [-0.39, 0.29) is 0 Å². The third kappa shape index (κ3) is 2.66. The van der Waals surface area contributed by atoms with Gasteiger partial charge < -0.3 is 0 Å². The van der Waals surface area contributed by atoms with Crippen molar-refractivity contribution in [2.45, 2.75) is 0 Å². The van der Waals surface area contributed by atoms with E-state index < -0.39 is 0 Å². The molecular weight excluding hydrogens is 281 g/mol. The number of thiocarbonyl (C=S) groups is 1. The zero-order valence-electron chi connectivity index (χ0n) is 3.21. The summed E-state index contributed by atoms with van der Waals surface area (Å²) in [5.41, 5.74) is 0. The fourth-order valence-corrected chi connectivity index (χ4v) is 0.308. The van der Waals surface area contributed by atoms with Gasteiger partial charge >= 0.3 is 54.7 Å². The Morgan fingerprint density at radius 1 is 1.83 bits per heavy atom. The Labute approximate surface area is 54.9 Å². The minimum atomic E-state index is 0.651. The molecule has 0 fully saturated rings. The Balaban J connectivity index is 2.99. The summed E-state index contributed by atoms with van der Waals surface area (Å²) in [6.07, 6.45) is 0. The molecule has 40 valence electrons. The Morgan fingerprint density at radius 3 is 2.33 bits per heavy atom. The van der Waals surface area contributed by atoms with Gasteiger partial charge in [0.05, 0.1) is 0 Å². The second-order valence-corrected chi connectivity index (χ2v) is 1.60. The van der Waals surface area contributed by atoms with E-state index in [1.807, 2.05) is 0 Å². The summed E-state index contributed by atoms with van der Waals surface area (Å²) < 4.78 is 2.68. The molecule has 0 rings (SSSR count). The fraction of sp³-hybridized carbons (Fsp3) is 0.500. The maximum atomic E-state index is 4.62. The molecule has 2 nitrogen and oxygen atoms in total. The Hall–Kier alpha value is 0.430. The quantitative estimate of drug-likeness (QED) is 0.465. The van der Waals surface area contributed by atoms with Crippen LogP contribution in [0.5, 0.6) is 0 Å². The number of hydrogen-bond donors (Lipinski definition) is 2. The van der Waals surface area contributed by atoms with Crippen molar-refractivity contribution in [1.29, 1.82) is 0 Å². The van der Waals surface area contributed by atoms with Crippen LogP contribution in [0.2, 0.25) is 0 Å². The first-order chi connectivity index (χ1) is 2.81. The first-order valence-corrected chi connectivity index (χ1v) is 2.85. The van der Waals surface area contributed by atoms with Crippen molar-refractivity contribution >= 4 is 17.3 Å². The van der Waals surface area contributed by atoms with Crippen LogP contribution in [0.1, 0.15) is 0 Å². The van der Waals surface area contributed by atoms with Gasteiger partial charge in [-0.25, -0.2) is 0 Å². The van der Waals surface area contributed by atoms with Crippen molar-refractivity contribution in [3.8, 4) is 0 Å². The van der Waals surface area contributed by atoms with Gasteiger partial charge in [0.25, 0.3) is 0 Å². The van der Waals surface area contributed by atoms with Gasteiger partial charge in [0.2, 0.25) is 0 Å². The second kappa shape index (κ2) is 3.61. The van der Waals surface area contributed by atoms with E-state index in [2.05, 4.69) is 42.6 Å². The van der Waals surface area contributed by atoms with Gasteiger partial charge in [0.15, 0.2) is 0 Å². The standard InChI is InChI=1S/C2H6N2S.Au/c1-4-2(3)5;/h1H3,(H3,3,4,5);/q;+1/p-1. The molecule has 6 heavy (non-hydrogen) atoms. The van der Waals surface area contributed by atoms with Crippen LogP contribution in [0.25, 0.3) is 0 Å². The van der Waals surface area contributed by atoms with Crippen LogP contribution in [0.15, 0.2) is 0 Å². The summed E-state index contributed by atoms with van der Waals surface area (Å²) in [6, 6.07) is 0. The van der Waals surface area contributed by atoms with E-state index in [1.54, 1.807) is 7.05 Å². The Morgan fingerprint density at radius 2 is 2.33 bits per heavy atom. The number of nitrogens with one attached hydrogen (secondary N) is 2. The Kier molecular flexibility index (Phi) is 3.87. The molecule has 0 aromatic heterocycles. The van der Waals surface area contributed by atoms with Crippen molar-refractivity contribution in [2.24, 2.45) is 0 Å². The molecule has 0 atom stereocenters. The Bertz CT molecular complexity index is 49.5. The summed E-state index contributed by atoms with van der Waals surface area (Å²) in [5, 5.41) is 3.37. The molecule has 4 heteroatoms. The van der Waals surface area contributed by atoms with E-state index in [0.717, 1.165) is 0 Å². The van der Waals surface area contributed by atoms with Crippen LogP contribution in [0.4, 0.5) is 0 Å². The number of rotatable bonds is 0. The molecular formula is C2H5AuN2S. The molecule has 0 aromatic rings. The van der Waals surface area contributed by atoms with Gasteiger partial charge in [-0.2, -0.15) is 0 Å². The zero-order valence-corrected chi connectivity index (χ0v) is 6.19. The molecule has 0 radical (unpaired) electrons. The van der Waals surface area contributed by atoms with Crippen LogP contribution in [0, 0.1) is 0 Å². The third-order valence-electron chi connectivity index (χ3n) is 0.296. The molecule has 0 unspecified atom stereocenters. The van der Waals surface area contributed by atoms with Crippen LogP contribution in [0.3, 0.4) is 0 Å². The normalized spacial score (nSPS) is 7.17. The maximum absolute atomic E-state index is 4.62. The average molecular weight is 286 g/mol. The van der Waals surface area contributed by atoms with Gasteiger partial charge in [0.1, 0.15) is 0 Å². The van der Waals surface area contributed by atoms with Gasteiger partial charge in [-0.1, -0.05) is 0 Å². The zero-order chi connectivity index (χ0) is 4.99. The molecule has 0 heterocycles. The third-order valence-corrected chi connectivity index (χ3v) is 1.50. The molecule has 0 aliphatic rings. The molecule has 0 spiro atoms. The molecule has 0 aliphatic carbocycles. The molecule has 0 saturated heterocycles. The van der Waals surface area contributed by atoms with Gasteiger partial charge in [-0.15, -0.1) is 0 Å². The minimum absolute atomic E-state index is 0.651. The molecule has 2 N–H and O–H groups in total. The van der Waals surface area contributed by atoms with Crippen molar-refractivity contribution in [3.63, 3.8) is 0 Å². The monoisotopic (exact) mass is 286 g/mol. The molecule has 0 amide bonds. The topological polar surface area (TPSA) is 24.1 Å². The summed E-state index contributed by atoms with van der Waals surface area (Å²) in [7, 11) is 1.77. The summed E-state index contributed by atoms with van der Waals surface area (Å²) in [4.78, 5) is 0. The van der Waals surface area contributed by atoms with Gasteiger partial charge in [-0.3, -0.25) is 0 Å². The average Bonchev–Trinajstić information content (AvgIpc) is 1.65. The van der Waals surface area contributed by atoms with Crippen LogP contribution in [-0.4, -0.2) is 12.2 Å². The van der Waals surface area contributed by atoms with E-state index in [1.165, 1.54) is 0 Å². The van der Waals surface area contributed by atoms with Crippen molar-refractivity contribution in [2.75, 3.05) is 7.05 Å². The van der Waals surface area contributed by atoms with Crippen LogP contribution < -0.4 is 9.04 Å². The van der Waals surface area contributed by atoms with E-state index >= 15 is 0 Å². The van der Waals surface area contributed by atoms with Crippen LogP contribution >= 0.6 is 12.2 Å². The summed E-state index contributed by atoms with van der Waals surface area (Å²) in [5.74, 6) is 0. The first-order valence-electron chi connectivity index (χ1n) is 1.35. The van der Waals surface area contributed by atoms with E-state index in [9.17, 15) is 0 Å².